The zero-order valence-electron chi connectivity index (χ0n) is 25.1. The number of hydrogen-bond acceptors (Lipinski definition) is 3. The van der Waals surface area contributed by atoms with Gasteiger partial charge in [0.2, 0.25) is 40.6 Å². The number of nitrogens with one attached hydrogen (secondary N) is 1. The quantitative estimate of drug-likeness (QED) is 0.0689. The van der Waals surface area contributed by atoms with Crippen molar-refractivity contribution in [1.29, 1.82) is 0 Å². The molecule has 270 valence electrons. The molecule has 4 aromatic rings. The summed E-state index contributed by atoms with van der Waals surface area (Å²) in [5.74, 6) is -38.8. The monoisotopic (exact) mass is 741 g/mol. The number of benzene rings is 4. The van der Waals surface area contributed by atoms with Gasteiger partial charge in [0, 0.05) is 17.9 Å². The van der Waals surface area contributed by atoms with Crippen molar-refractivity contribution in [2.75, 3.05) is 7.05 Å². The molecule has 0 fully saturated rings. The van der Waals surface area contributed by atoms with Crippen molar-refractivity contribution < 1.29 is 89.1 Å². The maximum absolute atomic E-state index is 15.3. The number of halogens is 16. The van der Waals surface area contributed by atoms with Crippen molar-refractivity contribution in [2.45, 2.75) is 26.3 Å². The predicted molar refractivity (Wildman–Crippen MR) is 138 cm³/mol. The first-order valence-electron chi connectivity index (χ1n) is 13.1. The van der Waals surface area contributed by atoms with E-state index in [4.69, 9.17) is 0 Å². The Morgan fingerprint density at radius 1 is 0.480 bits per heavy atom. The lowest BCUT2D eigenvalue weighted by molar-refractivity contribution is -0.865. The molecule has 1 unspecified atom stereocenters. The summed E-state index contributed by atoms with van der Waals surface area (Å²) in [4.78, 5) is -0.236. The molecule has 21 heteroatoms. The Morgan fingerprint density at radius 2 is 0.880 bits per heavy atom. The van der Waals surface area contributed by atoms with Crippen LogP contribution in [0.1, 0.15) is 20.8 Å². The predicted octanol–water partition coefficient (Wildman–Crippen LogP) is 7.87. The summed E-state index contributed by atoms with van der Waals surface area (Å²) in [6.07, 6.45) is 0. The zero-order chi connectivity index (χ0) is 38.2. The molecule has 4 nitrogen and oxygen atoms in total. The molecular weight excluding hydrogens is 725 g/mol. The van der Waals surface area contributed by atoms with Crippen molar-refractivity contribution in [3.63, 3.8) is 0 Å². The van der Waals surface area contributed by atoms with Crippen LogP contribution in [0.3, 0.4) is 0 Å². The third kappa shape index (κ3) is 8.14. The van der Waals surface area contributed by atoms with Gasteiger partial charge < -0.3 is 14.0 Å². The molecule has 0 saturated carbocycles. The second-order valence-electron chi connectivity index (χ2n) is 10.7. The topological polar surface area (TPSA) is 32.1 Å². The molecule has 0 aromatic heterocycles. The summed E-state index contributed by atoms with van der Waals surface area (Å²) < 4.78 is 231. The van der Waals surface area contributed by atoms with E-state index in [1.54, 1.807) is 0 Å². The van der Waals surface area contributed by atoms with Crippen molar-refractivity contribution >= 4 is 13.0 Å². The molecule has 0 heterocycles. The summed E-state index contributed by atoms with van der Waals surface area (Å²) in [7, 11) is -2.16. The van der Waals surface area contributed by atoms with Crippen molar-refractivity contribution in [2.24, 2.45) is 0 Å². The third-order valence-corrected chi connectivity index (χ3v) is 6.39. The maximum Gasteiger partial charge on any atom is 0.864 e. The van der Waals surface area contributed by atoms with E-state index in [-0.39, 0.29) is 23.1 Å². The summed E-state index contributed by atoms with van der Waals surface area (Å²) in [6.45, 7) is 4.25. The van der Waals surface area contributed by atoms with Gasteiger partial charge in [-0.15, -0.1) is 6.07 Å². The van der Waals surface area contributed by atoms with Gasteiger partial charge in [-0.25, -0.2) is 43.9 Å². The van der Waals surface area contributed by atoms with E-state index < -0.39 is 129 Å². The first kappa shape index (κ1) is 39.6. The molecule has 0 radical (unpaired) electrons. The van der Waals surface area contributed by atoms with Crippen molar-refractivity contribution in [3.05, 3.63) is 117 Å². The molecule has 4 aromatic carbocycles. The molecule has 1 atom stereocenters. The summed E-state index contributed by atoms with van der Waals surface area (Å²) in [5.41, 5.74) is -2.29. The lowest BCUT2D eigenvalue weighted by atomic mass is 10.0. The normalized spacial score (nSPS) is 11.9. The SMILES string of the molecule is C[NH+](c1c(F)c(F)c(F)c(OB(Oc2c(F)cc(F)c(F)c2F)Oc2c(F)cc(F)c(F)c2F)c1F)C(C)(C)C.Fc1[c-]c(F)c(F)c(F)c1. The average Bonchev–Trinajstić information content (AvgIpc) is 3.02. The second kappa shape index (κ2) is 15.0. The summed E-state index contributed by atoms with van der Waals surface area (Å²) >= 11 is 0. The van der Waals surface area contributed by atoms with Crippen LogP contribution in [-0.4, -0.2) is 19.9 Å². The lowest BCUT2D eigenvalue weighted by Gasteiger charge is -2.29. The van der Waals surface area contributed by atoms with E-state index in [1.807, 2.05) is 0 Å². The van der Waals surface area contributed by atoms with Gasteiger partial charge in [-0.1, -0.05) is 6.07 Å². The van der Waals surface area contributed by atoms with Crippen molar-refractivity contribution in [1.82, 2.24) is 0 Å². The second-order valence-corrected chi connectivity index (χ2v) is 10.7. The van der Waals surface area contributed by atoms with E-state index in [0.717, 1.165) is 7.05 Å². The highest BCUT2D eigenvalue weighted by molar-refractivity contribution is 6.39. The Balaban J connectivity index is 0.000000578. The molecule has 0 spiro atoms. The number of quaternary nitrogens is 1. The fraction of sp³-hybridized carbons (Fsp3) is 0.172. The van der Waals surface area contributed by atoms with Crippen LogP contribution in [0.5, 0.6) is 17.2 Å². The minimum Gasteiger partial charge on any atom is -0.484 e. The van der Waals surface area contributed by atoms with E-state index in [2.05, 4.69) is 14.0 Å². The summed E-state index contributed by atoms with van der Waals surface area (Å²) in [6, 6.07) is 0.972. The fourth-order valence-corrected chi connectivity index (χ4v) is 3.57. The first-order valence-corrected chi connectivity index (χ1v) is 13.1. The van der Waals surface area contributed by atoms with Gasteiger partial charge in [0.15, 0.2) is 52.2 Å². The van der Waals surface area contributed by atoms with Crippen LogP contribution in [0.2, 0.25) is 0 Å². The standard InChI is InChI=1S/C23H14BF12NO3.C6HF4/c1-23(2,3)37(4)19-14(32)13(31)17(35)22(18(19)36)40-24(38-20-9(27)5-7(25)11(29)15(20)33)39-21-10(28)6-8(26)12(30)16(21)34;7-3-1-4(8)6(10)5(9)2-3/h5-6H,1-4H3;1H/q;-1/p+1. The van der Waals surface area contributed by atoms with Crippen LogP contribution >= 0.6 is 0 Å². The van der Waals surface area contributed by atoms with Gasteiger partial charge in [0.25, 0.3) is 0 Å². The third-order valence-electron chi connectivity index (χ3n) is 6.39. The highest BCUT2D eigenvalue weighted by Gasteiger charge is 2.42. The largest absolute Gasteiger partial charge is 0.864 e. The average molecular weight is 741 g/mol. The van der Waals surface area contributed by atoms with Crippen LogP contribution in [0.15, 0.2) is 18.2 Å². The highest BCUT2D eigenvalue weighted by Crippen LogP contribution is 2.35. The van der Waals surface area contributed by atoms with Crippen LogP contribution < -0.4 is 18.9 Å². The van der Waals surface area contributed by atoms with E-state index >= 15 is 4.39 Å². The number of hydrogen-bond donors (Lipinski definition) is 1. The molecule has 1 N–H and O–H groups in total. The minimum absolute atomic E-state index is 0.221. The van der Waals surface area contributed by atoms with Crippen LogP contribution in [0.4, 0.5) is 75.9 Å². The Bertz CT molecular complexity index is 1850. The molecule has 0 aliphatic heterocycles. The van der Waals surface area contributed by atoms with Crippen LogP contribution in [0, 0.1) is 99.1 Å². The molecule has 0 bridgehead atoms. The van der Waals surface area contributed by atoms with Gasteiger partial charge >= 0.3 is 7.32 Å². The van der Waals surface area contributed by atoms with Crippen LogP contribution in [0.25, 0.3) is 0 Å². The zero-order valence-corrected chi connectivity index (χ0v) is 25.1. The first-order chi connectivity index (χ1) is 23.0. The number of rotatable bonds is 7. The molecule has 0 amide bonds. The molecule has 0 saturated heterocycles. The van der Waals surface area contributed by atoms with E-state index in [0.29, 0.717) is 0 Å². The Hall–Kier alpha value is -4.82. The van der Waals surface area contributed by atoms with Gasteiger partial charge in [-0.3, -0.25) is 9.29 Å². The molecule has 4 rings (SSSR count). The summed E-state index contributed by atoms with van der Waals surface area (Å²) in [5, 5.41) is 0. The maximum atomic E-state index is 15.3. The fourth-order valence-electron chi connectivity index (χ4n) is 3.57. The molecular formula is C29H16BF16NO3. The minimum atomic E-state index is -3.28. The molecule has 0 aliphatic carbocycles. The highest BCUT2D eigenvalue weighted by atomic mass is 19.2. The Kier molecular flexibility index (Phi) is 11.9. The molecule has 50 heavy (non-hydrogen) atoms. The van der Waals surface area contributed by atoms with Gasteiger partial charge in [-0.2, -0.15) is 22.0 Å². The van der Waals surface area contributed by atoms with Crippen LogP contribution in [-0.2, 0) is 0 Å². The molecule has 0 aliphatic rings. The van der Waals surface area contributed by atoms with Gasteiger partial charge in [-0.05, 0) is 20.8 Å². The van der Waals surface area contributed by atoms with E-state index in [1.165, 1.54) is 26.8 Å². The smallest absolute Gasteiger partial charge is 0.484 e. The Labute approximate surface area is 270 Å². The van der Waals surface area contributed by atoms with Crippen molar-refractivity contribution in [3.8, 4) is 17.2 Å². The van der Waals surface area contributed by atoms with E-state index in [9.17, 15) is 65.9 Å². The Morgan fingerprint density at radius 3 is 1.30 bits per heavy atom. The lowest BCUT2D eigenvalue weighted by Crippen LogP contribution is -3.12. The van der Waals surface area contributed by atoms with Gasteiger partial charge in [0.1, 0.15) is 0 Å². The van der Waals surface area contributed by atoms with Gasteiger partial charge in [0.05, 0.1) is 30.0 Å².